The van der Waals surface area contributed by atoms with Gasteiger partial charge in [0, 0.05) is 11.1 Å². The fraction of sp³-hybridized carbons (Fsp3) is 0.267. The number of aromatic carboxylic acids is 1. The van der Waals surface area contributed by atoms with Crippen molar-refractivity contribution in [3.05, 3.63) is 45.8 Å². The largest absolute Gasteiger partial charge is 0.478 e. The van der Waals surface area contributed by atoms with Crippen molar-refractivity contribution in [2.45, 2.75) is 25.2 Å². The van der Waals surface area contributed by atoms with Gasteiger partial charge in [0.15, 0.2) is 0 Å². The zero-order valence-corrected chi connectivity index (χ0v) is 12.0. The third kappa shape index (κ3) is 2.67. The van der Waals surface area contributed by atoms with Gasteiger partial charge in [-0.25, -0.2) is 9.78 Å². The molecule has 108 valence electrons. The van der Waals surface area contributed by atoms with Crippen LogP contribution in [0.1, 0.15) is 39.6 Å². The lowest BCUT2D eigenvalue weighted by Crippen LogP contribution is -2.25. The van der Waals surface area contributed by atoms with Gasteiger partial charge in [-0.3, -0.25) is 4.79 Å². The Balaban J connectivity index is 1.84. The summed E-state index contributed by atoms with van der Waals surface area (Å²) in [5.41, 5.74) is 1.07. The van der Waals surface area contributed by atoms with Crippen LogP contribution in [0.4, 0.5) is 5.82 Å². The number of fused-ring (bicyclic) bond motifs is 1. The van der Waals surface area contributed by atoms with Gasteiger partial charge < -0.3 is 10.4 Å². The molecular formula is C15H14N2O3S. The van der Waals surface area contributed by atoms with E-state index < -0.39 is 5.97 Å². The first-order valence-electron chi connectivity index (χ1n) is 6.72. The molecule has 1 amide bonds. The molecule has 1 aliphatic rings. The van der Waals surface area contributed by atoms with Crippen LogP contribution in [0.15, 0.2) is 29.8 Å². The van der Waals surface area contributed by atoms with Gasteiger partial charge >= 0.3 is 5.97 Å². The molecule has 0 spiro atoms. The quantitative estimate of drug-likeness (QED) is 0.913. The number of amides is 1. The van der Waals surface area contributed by atoms with Crippen molar-refractivity contribution in [3.63, 3.8) is 0 Å². The summed E-state index contributed by atoms with van der Waals surface area (Å²) < 4.78 is 0. The van der Waals surface area contributed by atoms with Crippen LogP contribution in [0.3, 0.4) is 0 Å². The van der Waals surface area contributed by atoms with Gasteiger partial charge in [0.2, 0.25) is 5.91 Å². The molecule has 0 aliphatic heterocycles. The molecule has 3 rings (SSSR count). The first-order valence-corrected chi connectivity index (χ1v) is 7.60. The minimum absolute atomic E-state index is 0.00667. The number of aryl methyl sites for hydroxylation is 1. The maximum atomic E-state index is 12.5. The number of hydrogen-bond acceptors (Lipinski definition) is 4. The highest BCUT2D eigenvalue weighted by molar-refractivity contribution is 7.10. The molecular weight excluding hydrogens is 288 g/mol. The first-order chi connectivity index (χ1) is 10.2. The van der Waals surface area contributed by atoms with Crippen molar-refractivity contribution in [1.82, 2.24) is 4.98 Å². The summed E-state index contributed by atoms with van der Waals surface area (Å²) in [7, 11) is 0. The second-order valence-electron chi connectivity index (χ2n) is 4.94. The van der Waals surface area contributed by atoms with E-state index in [9.17, 15) is 9.59 Å². The molecule has 2 heterocycles. The Labute approximate surface area is 125 Å². The Hall–Kier alpha value is -2.21. The Morgan fingerprint density at radius 2 is 2.24 bits per heavy atom. The summed E-state index contributed by atoms with van der Waals surface area (Å²) in [4.78, 5) is 28.8. The molecule has 1 unspecified atom stereocenters. The zero-order chi connectivity index (χ0) is 14.8. The molecule has 6 heteroatoms. The SMILES string of the molecule is O=C(O)c1cccnc1NC(=O)C1CCCc2sccc21. The fourth-order valence-corrected chi connectivity index (χ4v) is 3.63. The molecule has 21 heavy (non-hydrogen) atoms. The van der Waals surface area contributed by atoms with E-state index in [0.717, 1.165) is 24.8 Å². The zero-order valence-electron chi connectivity index (χ0n) is 11.2. The molecule has 2 aromatic heterocycles. The van der Waals surface area contributed by atoms with E-state index in [1.807, 2.05) is 11.4 Å². The highest BCUT2D eigenvalue weighted by atomic mass is 32.1. The number of hydrogen-bond donors (Lipinski definition) is 2. The van der Waals surface area contributed by atoms with E-state index >= 15 is 0 Å². The van der Waals surface area contributed by atoms with Crippen LogP contribution in [-0.4, -0.2) is 22.0 Å². The van der Waals surface area contributed by atoms with E-state index in [4.69, 9.17) is 5.11 Å². The molecule has 1 atom stereocenters. The number of carboxylic acid groups (broad SMARTS) is 1. The molecule has 0 fully saturated rings. The lowest BCUT2D eigenvalue weighted by atomic mass is 9.87. The topological polar surface area (TPSA) is 79.3 Å². The number of thiophene rings is 1. The van der Waals surface area contributed by atoms with Gasteiger partial charge in [0.05, 0.1) is 5.92 Å². The molecule has 1 aliphatic carbocycles. The number of aromatic nitrogens is 1. The molecule has 5 nitrogen and oxygen atoms in total. The normalized spacial score (nSPS) is 17.0. The van der Waals surface area contributed by atoms with Gasteiger partial charge in [-0.2, -0.15) is 0 Å². The Morgan fingerprint density at radius 3 is 3.05 bits per heavy atom. The van der Waals surface area contributed by atoms with Crippen molar-refractivity contribution in [2.24, 2.45) is 0 Å². The van der Waals surface area contributed by atoms with Gasteiger partial charge in [-0.05, 0) is 48.4 Å². The lowest BCUT2D eigenvalue weighted by Gasteiger charge is -2.21. The average Bonchev–Trinajstić information content (AvgIpc) is 2.95. The number of rotatable bonds is 3. The predicted molar refractivity (Wildman–Crippen MR) is 79.8 cm³/mol. The van der Waals surface area contributed by atoms with Crippen LogP contribution in [0.5, 0.6) is 0 Å². The van der Waals surface area contributed by atoms with Crippen LogP contribution < -0.4 is 5.32 Å². The smallest absolute Gasteiger partial charge is 0.339 e. The highest BCUT2D eigenvalue weighted by Gasteiger charge is 2.28. The van der Waals surface area contributed by atoms with Crippen molar-refractivity contribution in [3.8, 4) is 0 Å². The predicted octanol–water partition coefficient (Wildman–Crippen LogP) is 2.90. The fourth-order valence-electron chi connectivity index (χ4n) is 2.64. The van der Waals surface area contributed by atoms with E-state index in [1.165, 1.54) is 23.2 Å². The Morgan fingerprint density at radius 1 is 1.38 bits per heavy atom. The molecule has 0 aromatic carbocycles. The molecule has 2 N–H and O–H groups in total. The monoisotopic (exact) mass is 302 g/mol. The summed E-state index contributed by atoms with van der Waals surface area (Å²) in [6, 6.07) is 4.96. The maximum absolute atomic E-state index is 12.5. The molecule has 0 saturated heterocycles. The van der Waals surface area contributed by atoms with Gasteiger partial charge in [0.1, 0.15) is 11.4 Å². The van der Waals surface area contributed by atoms with E-state index in [0.29, 0.717) is 0 Å². The molecule has 0 bridgehead atoms. The standard InChI is InChI=1S/C15H14N2O3S/c18-14(10-3-1-5-12-9(10)6-8-21-12)17-13-11(15(19)20)4-2-7-16-13/h2,4,6-8,10H,1,3,5H2,(H,19,20)(H,16,17,18). The third-order valence-corrected chi connectivity index (χ3v) is 4.64. The Kier molecular flexibility index (Phi) is 3.70. The third-order valence-electron chi connectivity index (χ3n) is 3.65. The second kappa shape index (κ2) is 5.65. The van der Waals surface area contributed by atoms with Crippen LogP contribution in [0.2, 0.25) is 0 Å². The number of pyridine rings is 1. The van der Waals surface area contributed by atoms with Gasteiger partial charge in [-0.1, -0.05) is 0 Å². The van der Waals surface area contributed by atoms with Crippen LogP contribution in [0, 0.1) is 0 Å². The number of nitrogens with zero attached hydrogens (tertiary/aromatic N) is 1. The molecule has 0 saturated carbocycles. The summed E-state index contributed by atoms with van der Waals surface area (Å²) in [5, 5.41) is 13.8. The van der Waals surface area contributed by atoms with Crippen LogP contribution in [0.25, 0.3) is 0 Å². The first kappa shape index (κ1) is 13.8. The summed E-state index contributed by atoms with van der Waals surface area (Å²) in [5.74, 6) is -1.39. The average molecular weight is 302 g/mol. The molecule has 0 radical (unpaired) electrons. The van der Waals surface area contributed by atoms with Gasteiger partial charge in [0.25, 0.3) is 0 Å². The number of nitrogens with one attached hydrogen (secondary N) is 1. The summed E-state index contributed by atoms with van der Waals surface area (Å²) in [6.07, 6.45) is 4.24. The minimum atomic E-state index is -1.10. The van der Waals surface area contributed by atoms with E-state index in [1.54, 1.807) is 11.3 Å². The Bertz CT molecular complexity index is 696. The number of carboxylic acids is 1. The highest BCUT2D eigenvalue weighted by Crippen LogP contribution is 2.35. The second-order valence-corrected chi connectivity index (χ2v) is 5.94. The van der Waals surface area contributed by atoms with Crippen molar-refractivity contribution in [1.29, 1.82) is 0 Å². The lowest BCUT2D eigenvalue weighted by molar-refractivity contribution is -0.117. The number of carbonyl (C=O) groups excluding carboxylic acids is 1. The van der Waals surface area contributed by atoms with Crippen LogP contribution >= 0.6 is 11.3 Å². The summed E-state index contributed by atoms with van der Waals surface area (Å²) >= 11 is 1.67. The van der Waals surface area contributed by atoms with Gasteiger partial charge in [-0.15, -0.1) is 11.3 Å². The van der Waals surface area contributed by atoms with Crippen molar-refractivity contribution in [2.75, 3.05) is 5.32 Å². The van der Waals surface area contributed by atoms with E-state index in [2.05, 4.69) is 10.3 Å². The maximum Gasteiger partial charge on any atom is 0.339 e. The minimum Gasteiger partial charge on any atom is -0.478 e. The van der Waals surface area contributed by atoms with Crippen LogP contribution in [-0.2, 0) is 11.2 Å². The van der Waals surface area contributed by atoms with E-state index in [-0.39, 0.29) is 23.2 Å². The van der Waals surface area contributed by atoms with Crippen molar-refractivity contribution < 1.29 is 14.7 Å². The molecule has 2 aromatic rings. The number of carbonyl (C=O) groups is 2. The van der Waals surface area contributed by atoms with Crippen molar-refractivity contribution >= 4 is 29.0 Å². The summed E-state index contributed by atoms with van der Waals surface area (Å²) in [6.45, 7) is 0. The number of anilines is 1.